The van der Waals surface area contributed by atoms with Gasteiger partial charge in [0.25, 0.3) is 0 Å². The highest BCUT2D eigenvalue weighted by Crippen LogP contribution is 2.12. The van der Waals surface area contributed by atoms with Crippen LogP contribution in [0.2, 0.25) is 0 Å². The van der Waals surface area contributed by atoms with E-state index >= 15 is 0 Å². The van der Waals surface area contributed by atoms with Crippen LogP contribution >= 0.6 is 0 Å². The molecule has 0 aliphatic rings. The van der Waals surface area contributed by atoms with Gasteiger partial charge in [-0.2, -0.15) is 0 Å². The number of aromatic nitrogens is 2. The third-order valence-electron chi connectivity index (χ3n) is 3.49. The van der Waals surface area contributed by atoms with Gasteiger partial charge in [0, 0.05) is 31.3 Å². The van der Waals surface area contributed by atoms with Crippen molar-refractivity contribution >= 4 is 27.4 Å². The second kappa shape index (κ2) is 8.72. The molecule has 1 heterocycles. The summed E-state index contributed by atoms with van der Waals surface area (Å²) in [6.07, 6.45) is 0. The van der Waals surface area contributed by atoms with Crippen molar-refractivity contribution in [2.75, 3.05) is 30.3 Å². The fourth-order valence-electron chi connectivity index (χ4n) is 2.26. The Morgan fingerprint density at radius 3 is 2.23 bits per heavy atom. The molecule has 140 valence electrons. The van der Waals surface area contributed by atoms with Gasteiger partial charge in [-0.3, -0.25) is 4.79 Å². The molecule has 0 amide bonds. The lowest BCUT2D eigenvalue weighted by Crippen LogP contribution is -2.29. The number of carbonyl (C=O) groups excluding carboxylic acids is 1. The first-order valence-electron chi connectivity index (χ1n) is 8.26. The number of aryl methyl sites for hydroxylation is 1. The SMILES string of the molecule is CCNc1cc(NCCNS(=O)(=O)c2ccc(C(C)=O)cc2)nc(C)n1. The summed E-state index contributed by atoms with van der Waals surface area (Å²) >= 11 is 0. The van der Waals surface area contributed by atoms with Gasteiger partial charge in [0.1, 0.15) is 17.5 Å². The zero-order valence-electron chi connectivity index (χ0n) is 15.0. The van der Waals surface area contributed by atoms with Crippen LogP contribution in [0.3, 0.4) is 0 Å². The number of nitrogens with one attached hydrogen (secondary N) is 3. The van der Waals surface area contributed by atoms with Crippen molar-refractivity contribution in [1.82, 2.24) is 14.7 Å². The van der Waals surface area contributed by atoms with Gasteiger partial charge in [-0.15, -0.1) is 0 Å². The van der Waals surface area contributed by atoms with Gasteiger partial charge in [-0.25, -0.2) is 23.1 Å². The van der Waals surface area contributed by atoms with E-state index in [9.17, 15) is 13.2 Å². The van der Waals surface area contributed by atoms with Crippen LogP contribution in [0.1, 0.15) is 30.0 Å². The number of rotatable bonds is 9. The van der Waals surface area contributed by atoms with Crippen LogP contribution < -0.4 is 15.4 Å². The largest absolute Gasteiger partial charge is 0.370 e. The highest BCUT2D eigenvalue weighted by atomic mass is 32.2. The fraction of sp³-hybridized carbons (Fsp3) is 0.353. The monoisotopic (exact) mass is 377 g/mol. The number of ketones is 1. The van der Waals surface area contributed by atoms with E-state index in [4.69, 9.17) is 0 Å². The van der Waals surface area contributed by atoms with Gasteiger partial charge in [0.05, 0.1) is 4.90 Å². The molecule has 0 fully saturated rings. The molecule has 0 saturated heterocycles. The molecule has 1 aromatic carbocycles. The summed E-state index contributed by atoms with van der Waals surface area (Å²) in [6, 6.07) is 7.61. The zero-order chi connectivity index (χ0) is 19.2. The van der Waals surface area contributed by atoms with E-state index < -0.39 is 10.0 Å². The molecule has 8 nitrogen and oxygen atoms in total. The maximum absolute atomic E-state index is 12.3. The van der Waals surface area contributed by atoms with Crippen molar-refractivity contribution in [1.29, 1.82) is 0 Å². The summed E-state index contributed by atoms with van der Waals surface area (Å²) in [5, 5.41) is 6.18. The molecule has 0 bridgehead atoms. The topological polar surface area (TPSA) is 113 Å². The molecule has 2 aromatic rings. The number of hydrogen-bond donors (Lipinski definition) is 3. The Labute approximate surface area is 153 Å². The molecule has 2 rings (SSSR count). The number of benzene rings is 1. The molecule has 0 unspecified atom stereocenters. The normalized spacial score (nSPS) is 11.2. The van der Waals surface area contributed by atoms with Crippen LogP contribution in [0.15, 0.2) is 35.2 Å². The smallest absolute Gasteiger partial charge is 0.240 e. The van der Waals surface area contributed by atoms with Crippen LogP contribution in [0, 0.1) is 6.92 Å². The van der Waals surface area contributed by atoms with Gasteiger partial charge in [-0.05, 0) is 32.9 Å². The van der Waals surface area contributed by atoms with Gasteiger partial charge >= 0.3 is 0 Å². The highest BCUT2D eigenvalue weighted by molar-refractivity contribution is 7.89. The lowest BCUT2D eigenvalue weighted by molar-refractivity contribution is 0.101. The quantitative estimate of drug-likeness (QED) is 0.451. The lowest BCUT2D eigenvalue weighted by atomic mass is 10.2. The van der Waals surface area contributed by atoms with Crippen LogP contribution in [0.25, 0.3) is 0 Å². The minimum Gasteiger partial charge on any atom is -0.370 e. The number of sulfonamides is 1. The van der Waals surface area contributed by atoms with Crippen molar-refractivity contribution in [2.24, 2.45) is 0 Å². The van der Waals surface area contributed by atoms with E-state index in [2.05, 4.69) is 25.3 Å². The summed E-state index contributed by atoms with van der Waals surface area (Å²) in [7, 11) is -3.63. The van der Waals surface area contributed by atoms with Crippen molar-refractivity contribution in [2.45, 2.75) is 25.7 Å². The summed E-state index contributed by atoms with van der Waals surface area (Å²) in [5.41, 5.74) is 0.473. The van der Waals surface area contributed by atoms with Gasteiger partial charge in [-0.1, -0.05) is 12.1 Å². The Morgan fingerprint density at radius 2 is 1.65 bits per heavy atom. The zero-order valence-corrected chi connectivity index (χ0v) is 15.9. The average molecular weight is 377 g/mol. The Morgan fingerprint density at radius 1 is 1.04 bits per heavy atom. The third kappa shape index (κ3) is 5.50. The summed E-state index contributed by atoms with van der Waals surface area (Å²) < 4.78 is 27.0. The van der Waals surface area contributed by atoms with Gasteiger partial charge in [0.15, 0.2) is 5.78 Å². The van der Waals surface area contributed by atoms with Crippen LogP contribution in [-0.2, 0) is 10.0 Å². The molecule has 0 radical (unpaired) electrons. The molecule has 9 heteroatoms. The van der Waals surface area contributed by atoms with Crippen molar-refractivity contribution < 1.29 is 13.2 Å². The fourth-order valence-corrected chi connectivity index (χ4v) is 3.29. The van der Waals surface area contributed by atoms with E-state index in [0.717, 1.165) is 6.54 Å². The Hall–Kier alpha value is -2.52. The average Bonchev–Trinajstić information content (AvgIpc) is 2.59. The number of Topliss-reactive ketones (excluding diaryl/α,β-unsaturated/α-hetero) is 1. The minimum absolute atomic E-state index is 0.108. The van der Waals surface area contributed by atoms with Crippen LogP contribution in [-0.4, -0.2) is 43.8 Å². The first kappa shape index (κ1) is 19.8. The maximum atomic E-state index is 12.3. The van der Waals surface area contributed by atoms with Crippen molar-refractivity contribution in [3.63, 3.8) is 0 Å². The van der Waals surface area contributed by atoms with E-state index in [1.54, 1.807) is 13.0 Å². The Kier molecular flexibility index (Phi) is 6.64. The Bertz CT molecular complexity index is 866. The second-order valence-corrected chi connectivity index (χ2v) is 7.39. The van der Waals surface area contributed by atoms with Crippen LogP contribution in [0.5, 0.6) is 0 Å². The van der Waals surface area contributed by atoms with E-state index in [1.807, 2.05) is 6.92 Å². The Balaban J connectivity index is 1.91. The van der Waals surface area contributed by atoms with Crippen LogP contribution in [0.4, 0.5) is 11.6 Å². The standard InChI is InChI=1S/C17H23N5O3S/c1-4-18-16-11-17(22-13(3)21-16)19-9-10-20-26(24,25)15-7-5-14(6-8-15)12(2)23/h5-8,11,20H,4,9-10H2,1-3H3,(H2,18,19,21,22). The molecular weight excluding hydrogens is 354 g/mol. The summed E-state index contributed by atoms with van der Waals surface area (Å²) in [6.45, 7) is 6.51. The van der Waals surface area contributed by atoms with E-state index in [1.165, 1.54) is 31.2 Å². The molecule has 0 spiro atoms. The van der Waals surface area contributed by atoms with E-state index in [0.29, 0.717) is 29.6 Å². The molecular formula is C17H23N5O3S. The maximum Gasteiger partial charge on any atom is 0.240 e. The molecule has 0 atom stereocenters. The predicted molar refractivity (Wildman–Crippen MR) is 101 cm³/mol. The molecule has 26 heavy (non-hydrogen) atoms. The first-order valence-corrected chi connectivity index (χ1v) is 9.74. The highest BCUT2D eigenvalue weighted by Gasteiger charge is 2.13. The number of anilines is 2. The van der Waals surface area contributed by atoms with Crippen molar-refractivity contribution in [3.8, 4) is 0 Å². The number of carbonyl (C=O) groups is 1. The first-order chi connectivity index (χ1) is 12.3. The number of nitrogens with zero attached hydrogens (tertiary/aromatic N) is 2. The second-order valence-electron chi connectivity index (χ2n) is 5.62. The molecule has 1 aromatic heterocycles. The summed E-state index contributed by atoms with van der Waals surface area (Å²) in [4.78, 5) is 19.9. The lowest BCUT2D eigenvalue weighted by Gasteiger charge is -2.10. The summed E-state index contributed by atoms with van der Waals surface area (Å²) in [5.74, 6) is 1.85. The molecule has 3 N–H and O–H groups in total. The van der Waals surface area contributed by atoms with E-state index in [-0.39, 0.29) is 17.2 Å². The van der Waals surface area contributed by atoms with Crippen molar-refractivity contribution in [3.05, 3.63) is 41.7 Å². The molecule has 0 saturated carbocycles. The van der Waals surface area contributed by atoms with Gasteiger partial charge in [0.2, 0.25) is 10.0 Å². The predicted octanol–water partition coefficient (Wildman–Crippen LogP) is 1.81. The number of hydrogen-bond acceptors (Lipinski definition) is 7. The third-order valence-corrected chi connectivity index (χ3v) is 4.97. The van der Waals surface area contributed by atoms with Gasteiger partial charge < -0.3 is 10.6 Å². The molecule has 0 aliphatic carbocycles. The minimum atomic E-state index is -3.63. The molecule has 0 aliphatic heterocycles.